The van der Waals surface area contributed by atoms with E-state index in [0.717, 1.165) is 58.4 Å². The van der Waals surface area contributed by atoms with Crippen molar-refractivity contribution in [1.29, 1.82) is 0 Å². The number of para-hydroxylation sites is 1. The topological polar surface area (TPSA) is 69.7 Å². The number of hydrogen-bond acceptors (Lipinski definition) is 6. The Morgan fingerprint density at radius 1 is 1.15 bits per heavy atom. The standard InChI is InChI=1S/C27H28N2O4/c1-17-14-19(21-6-3-4-9-24(21)28-17)16-32-20-12-10-18(11-13-20)25-15-26(33-29-25)22-7-5-8-23(22)27(30)31-2/h3-4,6,9-15,22-23,26,29H,5,7-8,16H2,1-2H3/t22-,23+,26?/m0/s1. The molecule has 5 rings (SSSR count). The molecule has 1 saturated carbocycles. The predicted octanol–water partition coefficient (Wildman–Crippen LogP) is 4.96. The molecule has 0 bridgehead atoms. The third-order valence-corrected chi connectivity index (χ3v) is 6.62. The van der Waals surface area contributed by atoms with Crippen LogP contribution in [0, 0.1) is 18.8 Å². The van der Waals surface area contributed by atoms with E-state index in [4.69, 9.17) is 14.3 Å². The van der Waals surface area contributed by atoms with Crippen molar-refractivity contribution >= 4 is 22.6 Å². The van der Waals surface area contributed by atoms with Gasteiger partial charge in [0.25, 0.3) is 0 Å². The van der Waals surface area contributed by atoms with Gasteiger partial charge in [-0.3, -0.25) is 20.1 Å². The van der Waals surface area contributed by atoms with Crippen molar-refractivity contribution in [2.45, 2.75) is 38.9 Å². The number of methoxy groups -OCH3 is 1. The first-order chi connectivity index (χ1) is 16.1. The first kappa shape index (κ1) is 21.5. The minimum atomic E-state index is -0.137. The first-order valence-corrected chi connectivity index (χ1v) is 11.4. The van der Waals surface area contributed by atoms with Crippen molar-refractivity contribution in [3.8, 4) is 5.75 Å². The Hall–Kier alpha value is -3.38. The van der Waals surface area contributed by atoms with Crippen LogP contribution in [0.25, 0.3) is 16.6 Å². The summed E-state index contributed by atoms with van der Waals surface area (Å²) < 4.78 is 11.1. The van der Waals surface area contributed by atoms with E-state index in [-0.39, 0.29) is 23.9 Å². The van der Waals surface area contributed by atoms with E-state index in [1.807, 2.05) is 49.4 Å². The maximum absolute atomic E-state index is 12.1. The number of ether oxygens (including phenoxy) is 2. The second kappa shape index (κ2) is 9.24. The van der Waals surface area contributed by atoms with Crippen LogP contribution in [0.4, 0.5) is 0 Å². The molecule has 2 aliphatic rings. The van der Waals surface area contributed by atoms with Gasteiger partial charge in [0.2, 0.25) is 0 Å². The summed E-state index contributed by atoms with van der Waals surface area (Å²) in [6, 6.07) is 18.2. The molecule has 1 aliphatic heterocycles. The summed E-state index contributed by atoms with van der Waals surface area (Å²) in [4.78, 5) is 22.5. The number of benzene rings is 2. The van der Waals surface area contributed by atoms with Gasteiger partial charge in [0.1, 0.15) is 18.5 Å². The van der Waals surface area contributed by atoms with Crippen LogP contribution >= 0.6 is 0 Å². The maximum atomic E-state index is 12.1. The Bertz CT molecular complexity index is 1190. The number of rotatable bonds is 6. The quantitative estimate of drug-likeness (QED) is 0.542. The third-order valence-electron chi connectivity index (χ3n) is 6.62. The molecule has 1 N–H and O–H groups in total. The smallest absolute Gasteiger partial charge is 0.309 e. The molecule has 0 amide bonds. The molecule has 0 radical (unpaired) electrons. The number of aryl methyl sites for hydroxylation is 1. The second-order valence-corrected chi connectivity index (χ2v) is 8.74. The fraction of sp³-hybridized carbons (Fsp3) is 0.333. The summed E-state index contributed by atoms with van der Waals surface area (Å²) in [7, 11) is 1.45. The van der Waals surface area contributed by atoms with Crippen LogP contribution in [-0.4, -0.2) is 24.2 Å². The van der Waals surface area contributed by atoms with Crippen molar-refractivity contribution in [2.75, 3.05) is 7.11 Å². The second-order valence-electron chi connectivity index (χ2n) is 8.74. The SMILES string of the molecule is COC(=O)[C@@H]1CCC[C@@H]1C1C=C(c2ccc(OCc3cc(C)nc4ccccc34)cc2)NO1. The van der Waals surface area contributed by atoms with Gasteiger partial charge >= 0.3 is 5.97 Å². The lowest BCUT2D eigenvalue weighted by atomic mass is 9.90. The summed E-state index contributed by atoms with van der Waals surface area (Å²) in [5.41, 5.74) is 8.06. The van der Waals surface area contributed by atoms with E-state index in [1.165, 1.54) is 7.11 Å². The highest BCUT2D eigenvalue weighted by atomic mass is 16.7. The number of carbonyl (C=O) groups excluding carboxylic acids is 1. The van der Waals surface area contributed by atoms with Crippen LogP contribution in [0.15, 0.2) is 60.7 Å². The Kier molecular flexibility index (Phi) is 6.01. The van der Waals surface area contributed by atoms with Crippen LogP contribution in [-0.2, 0) is 21.0 Å². The number of hydroxylamine groups is 1. The molecule has 1 aliphatic carbocycles. The van der Waals surface area contributed by atoms with Crippen LogP contribution in [0.5, 0.6) is 5.75 Å². The highest BCUT2D eigenvalue weighted by Gasteiger charge is 2.40. The average molecular weight is 445 g/mol. The number of aromatic nitrogens is 1. The van der Waals surface area contributed by atoms with E-state index in [1.54, 1.807) is 0 Å². The van der Waals surface area contributed by atoms with Crippen LogP contribution in [0.2, 0.25) is 0 Å². The van der Waals surface area contributed by atoms with E-state index < -0.39 is 0 Å². The lowest BCUT2D eigenvalue weighted by Gasteiger charge is -2.21. The molecule has 33 heavy (non-hydrogen) atoms. The van der Waals surface area contributed by atoms with Crippen molar-refractivity contribution in [2.24, 2.45) is 11.8 Å². The van der Waals surface area contributed by atoms with E-state index in [2.05, 4.69) is 28.7 Å². The van der Waals surface area contributed by atoms with Crippen molar-refractivity contribution < 1.29 is 19.1 Å². The molecule has 3 aromatic rings. The van der Waals surface area contributed by atoms with Gasteiger partial charge in [0, 0.05) is 22.6 Å². The Morgan fingerprint density at radius 2 is 1.97 bits per heavy atom. The number of nitrogens with zero attached hydrogens (tertiary/aromatic N) is 1. The van der Waals surface area contributed by atoms with Gasteiger partial charge < -0.3 is 9.47 Å². The molecule has 2 aromatic carbocycles. The van der Waals surface area contributed by atoms with Crippen molar-refractivity contribution in [1.82, 2.24) is 10.5 Å². The molecule has 170 valence electrons. The van der Waals surface area contributed by atoms with E-state index >= 15 is 0 Å². The fourth-order valence-electron chi connectivity index (χ4n) is 4.96. The Labute approximate surface area is 193 Å². The Morgan fingerprint density at radius 3 is 2.79 bits per heavy atom. The number of nitrogens with one attached hydrogen (secondary N) is 1. The number of fused-ring (bicyclic) bond motifs is 1. The molecule has 6 heteroatoms. The summed E-state index contributed by atoms with van der Waals surface area (Å²) in [5.74, 6) is 0.710. The molecule has 3 atom stereocenters. The van der Waals surface area contributed by atoms with E-state index in [0.29, 0.717) is 6.61 Å². The normalized spacial score (nSPS) is 22.1. The molecule has 0 spiro atoms. The van der Waals surface area contributed by atoms with Gasteiger partial charge in [-0.25, -0.2) is 0 Å². The molecule has 2 heterocycles. The lowest BCUT2D eigenvalue weighted by molar-refractivity contribution is -0.148. The average Bonchev–Trinajstić information content (AvgIpc) is 3.52. The monoisotopic (exact) mass is 444 g/mol. The molecule has 6 nitrogen and oxygen atoms in total. The summed E-state index contributed by atoms with van der Waals surface area (Å²) in [6.45, 7) is 2.48. The minimum Gasteiger partial charge on any atom is -0.489 e. The highest BCUT2D eigenvalue weighted by molar-refractivity contribution is 5.82. The maximum Gasteiger partial charge on any atom is 0.309 e. The zero-order valence-electron chi connectivity index (χ0n) is 18.9. The number of pyridine rings is 1. The van der Waals surface area contributed by atoms with Crippen LogP contribution in [0.1, 0.15) is 36.1 Å². The number of carbonyl (C=O) groups is 1. The first-order valence-electron chi connectivity index (χ1n) is 11.4. The molecule has 1 aromatic heterocycles. The summed E-state index contributed by atoms with van der Waals surface area (Å²) >= 11 is 0. The largest absolute Gasteiger partial charge is 0.489 e. The van der Waals surface area contributed by atoms with Gasteiger partial charge in [-0.2, -0.15) is 0 Å². The summed E-state index contributed by atoms with van der Waals surface area (Å²) in [6.07, 6.45) is 4.79. The van der Waals surface area contributed by atoms with Crippen LogP contribution < -0.4 is 10.2 Å². The van der Waals surface area contributed by atoms with Gasteiger partial charge in [0.05, 0.1) is 24.2 Å². The van der Waals surface area contributed by atoms with Gasteiger partial charge in [0.15, 0.2) is 0 Å². The van der Waals surface area contributed by atoms with Crippen molar-refractivity contribution in [3.05, 3.63) is 77.5 Å². The minimum absolute atomic E-state index is 0.0962. The van der Waals surface area contributed by atoms with Gasteiger partial charge in [-0.1, -0.05) is 24.6 Å². The number of esters is 1. The molecular formula is C27H28N2O4. The highest BCUT2D eigenvalue weighted by Crippen LogP contribution is 2.38. The van der Waals surface area contributed by atoms with Gasteiger partial charge in [-0.15, -0.1) is 0 Å². The Balaban J connectivity index is 1.26. The summed E-state index contributed by atoms with van der Waals surface area (Å²) in [5, 5.41) is 1.11. The zero-order valence-corrected chi connectivity index (χ0v) is 18.9. The van der Waals surface area contributed by atoms with E-state index in [9.17, 15) is 4.79 Å². The van der Waals surface area contributed by atoms with Crippen LogP contribution in [0.3, 0.4) is 0 Å². The molecule has 1 unspecified atom stereocenters. The lowest BCUT2D eigenvalue weighted by Crippen LogP contribution is -2.30. The predicted molar refractivity (Wildman–Crippen MR) is 126 cm³/mol. The number of hydrogen-bond donors (Lipinski definition) is 1. The zero-order chi connectivity index (χ0) is 22.8. The van der Waals surface area contributed by atoms with Crippen molar-refractivity contribution in [3.63, 3.8) is 0 Å². The van der Waals surface area contributed by atoms with Gasteiger partial charge in [-0.05, 0) is 67.8 Å². The third kappa shape index (κ3) is 4.44. The fourth-order valence-corrected chi connectivity index (χ4v) is 4.96. The molecular weight excluding hydrogens is 416 g/mol. The molecule has 0 saturated heterocycles. The molecule has 1 fully saturated rings.